The van der Waals surface area contributed by atoms with Crippen molar-refractivity contribution < 1.29 is 4.74 Å². The minimum atomic E-state index is 0.0983. The van der Waals surface area contributed by atoms with E-state index in [0.29, 0.717) is 0 Å². The molecule has 1 atom stereocenters. The molecular weight excluding hydrogens is 368 g/mol. The molecule has 4 aromatic rings. The van der Waals surface area contributed by atoms with Crippen LogP contribution in [0.15, 0.2) is 84.9 Å². The maximum atomic E-state index is 6.29. The highest BCUT2D eigenvalue weighted by atomic mass is 16.5. The van der Waals surface area contributed by atoms with Gasteiger partial charge in [0, 0.05) is 30.6 Å². The summed E-state index contributed by atoms with van der Waals surface area (Å²) in [4.78, 5) is 7.47. The van der Waals surface area contributed by atoms with Crippen LogP contribution in [-0.4, -0.2) is 22.5 Å². The third kappa shape index (κ3) is 4.07. The third-order valence-corrected chi connectivity index (χ3v) is 5.68. The summed E-state index contributed by atoms with van der Waals surface area (Å²) in [5.41, 5.74) is 6.07. The van der Waals surface area contributed by atoms with E-state index in [1.165, 1.54) is 27.6 Å². The molecule has 3 heteroatoms. The number of nitrogens with zero attached hydrogens (tertiary/aromatic N) is 2. The summed E-state index contributed by atoms with van der Waals surface area (Å²) < 4.78 is 6.29. The zero-order valence-electron chi connectivity index (χ0n) is 17.3. The molecule has 3 aromatic carbocycles. The fraction of sp³-hybridized carbons (Fsp3) is 0.222. The quantitative estimate of drug-likeness (QED) is 0.450. The number of fused-ring (bicyclic) bond motifs is 2. The Morgan fingerprint density at radius 3 is 2.40 bits per heavy atom. The second kappa shape index (κ2) is 8.29. The second-order valence-electron chi connectivity index (χ2n) is 8.19. The van der Waals surface area contributed by atoms with Gasteiger partial charge in [0.05, 0.1) is 5.52 Å². The molecule has 30 heavy (non-hydrogen) atoms. The highest BCUT2D eigenvalue weighted by molar-refractivity contribution is 5.83. The van der Waals surface area contributed by atoms with Crippen LogP contribution < -0.4 is 4.74 Å². The molecule has 0 saturated carbocycles. The van der Waals surface area contributed by atoms with Gasteiger partial charge in [0.25, 0.3) is 0 Å². The molecule has 1 aliphatic rings. The van der Waals surface area contributed by atoms with E-state index < -0.39 is 0 Å². The van der Waals surface area contributed by atoms with Crippen molar-refractivity contribution in [2.24, 2.45) is 0 Å². The van der Waals surface area contributed by atoms with E-state index in [1.54, 1.807) is 0 Å². The highest BCUT2D eigenvalue weighted by Crippen LogP contribution is 2.30. The Balaban J connectivity index is 1.48. The van der Waals surface area contributed by atoms with Gasteiger partial charge in [-0.2, -0.15) is 0 Å². The maximum Gasteiger partial charge on any atom is 0.218 e. The molecular formula is C27H26N2O. The Labute approximate surface area is 178 Å². The van der Waals surface area contributed by atoms with Crippen molar-refractivity contribution in [3.63, 3.8) is 0 Å². The molecule has 0 radical (unpaired) electrons. The average Bonchev–Trinajstić information content (AvgIpc) is 2.91. The monoisotopic (exact) mass is 394 g/mol. The number of aromatic nitrogens is 1. The first-order valence-electron chi connectivity index (χ1n) is 10.6. The van der Waals surface area contributed by atoms with Gasteiger partial charge in [0.2, 0.25) is 5.88 Å². The first kappa shape index (κ1) is 18.8. The first-order chi connectivity index (χ1) is 14.7. The number of benzene rings is 3. The van der Waals surface area contributed by atoms with Crippen molar-refractivity contribution in [3.05, 3.63) is 107 Å². The van der Waals surface area contributed by atoms with Gasteiger partial charge in [-0.15, -0.1) is 0 Å². The summed E-state index contributed by atoms with van der Waals surface area (Å²) >= 11 is 0. The largest absolute Gasteiger partial charge is 0.473 e. The molecule has 2 heterocycles. The topological polar surface area (TPSA) is 25.4 Å². The fourth-order valence-electron chi connectivity index (χ4n) is 4.32. The summed E-state index contributed by atoms with van der Waals surface area (Å²) in [6, 6.07) is 30.0. The van der Waals surface area contributed by atoms with Crippen molar-refractivity contribution >= 4 is 10.9 Å². The maximum absolute atomic E-state index is 6.29. The zero-order chi connectivity index (χ0) is 20.3. The van der Waals surface area contributed by atoms with Crippen LogP contribution >= 0.6 is 0 Å². The van der Waals surface area contributed by atoms with Gasteiger partial charge in [-0.3, -0.25) is 4.90 Å². The molecule has 150 valence electrons. The van der Waals surface area contributed by atoms with Gasteiger partial charge in [0.15, 0.2) is 0 Å². The van der Waals surface area contributed by atoms with Gasteiger partial charge in [-0.25, -0.2) is 4.98 Å². The molecule has 5 rings (SSSR count). The van der Waals surface area contributed by atoms with Gasteiger partial charge in [-0.05, 0) is 36.1 Å². The van der Waals surface area contributed by atoms with Crippen LogP contribution in [0, 0.1) is 0 Å². The Kier molecular flexibility index (Phi) is 5.20. The van der Waals surface area contributed by atoms with Crippen molar-refractivity contribution in [3.8, 4) is 5.88 Å². The Bertz CT molecular complexity index is 1140. The molecule has 0 N–H and O–H groups in total. The van der Waals surface area contributed by atoms with Gasteiger partial charge in [-0.1, -0.05) is 78.9 Å². The number of para-hydroxylation sites is 1. The van der Waals surface area contributed by atoms with Crippen LogP contribution in [0.4, 0.5) is 0 Å². The van der Waals surface area contributed by atoms with Crippen molar-refractivity contribution in [2.75, 3.05) is 6.54 Å². The minimum absolute atomic E-state index is 0.0983. The normalized spacial score (nSPS) is 16.6. The van der Waals surface area contributed by atoms with Crippen LogP contribution in [0.1, 0.15) is 29.2 Å². The second-order valence-corrected chi connectivity index (χ2v) is 8.19. The van der Waals surface area contributed by atoms with Crippen LogP contribution in [-0.2, 0) is 19.5 Å². The standard InChI is InChI=1S/C27H26N2O/c1-20-17-29(18-22-11-6-3-7-12-22)19-25-16-24-14-8-13-23(26(24)28-27(25)30-20)15-21-9-4-2-5-10-21/h2-14,16,20H,15,17-19H2,1H3/t20-/m0/s1. The van der Waals surface area contributed by atoms with Crippen LogP contribution in [0.2, 0.25) is 0 Å². The zero-order valence-corrected chi connectivity index (χ0v) is 17.3. The van der Waals surface area contributed by atoms with Gasteiger partial charge >= 0.3 is 0 Å². The predicted octanol–water partition coefficient (Wildman–Crippen LogP) is 5.61. The predicted molar refractivity (Wildman–Crippen MR) is 122 cm³/mol. The first-order valence-corrected chi connectivity index (χ1v) is 10.6. The smallest absolute Gasteiger partial charge is 0.218 e. The van der Waals surface area contributed by atoms with Crippen LogP contribution in [0.5, 0.6) is 5.88 Å². The molecule has 0 saturated heterocycles. The fourth-order valence-corrected chi connectivity index (χ4v) is 4.32. The molecule has 0 unspecified atom stereocenters. The SMILES string of the molecule is C[C@H]1CN(Cc2ccccc2)Cc2cc3cccc(Cc4ccccc4)c3nc2O1. The molecule has 0 aliphatic carbocycles. The lowest BCUT2D eigenvalue weighted by Gasteiger charge is -2.21. The summed E-state index contributed by atoms with van der Waals surface area (Å²) in [6.07, 6.45) is 0.973. The Morgan fingerprint density at radius 1 is 0.900 bits per heavy atom. The summed E-state index contributed by atoms with van der Waals surface area (Å²) in [5, 5.41) is 1.18. The van der Waals surface area contributed by atoms with E-state index in [2.05, 4.69) is 96.8 Å². The van der Waals surface area contributed by atoms with Crippen LogP contribution in [0.25, 0.3) is 10.9 Å². The summed E-state index contributed by atoms with van der Waals surface area (Å²) in [5.74, 6) is 0.783. The molecule has 0 amide bonds. The van der Waals surface area contributed by atoms with E-state index in [9.17, 15) is 0 Å². The lowest BCUT2D eigenvalue weighted by molar-refractivity contribution is 0.153. The molecule has 1 aromatic heterocycles. The number of hydrogen-bond donors (Lipinski definition) is 0. The van der Waals surface area contributed by atoms with Crippen molar-refractivity contribution in [1.82, 2.24) is 9.88 Å². The molecule has 0 spiro atoms. The number of hydrogen-bond acceptors (Lipinski definition) is 3. The summed E-state index contributed by atoms with van der Waals surface area (Å²) in [6.45, 7) is 4.79. The van der Waals surface area contributed by atoms with Crippen molar-refractivity contribution in [1.29, 1.82) is 0 Å². The number of pyridine rings is 1. The average molecular weight is 395 g/mol. The van der Waals surface area contributed by atoms with Gasteiger partial charge in [0.1, 0.15) is 6.10 Å². The lowest BCUT2D eigenvalue weighted by Crippen LogP contribution is -2.30. The van der Waals surface area contributed by atoms with E-state index in [1.807, 2.05) is 0 Å². The molecule has 1 aliphatic heterocycles. The van der Waals surface area contributed by atoms with Crippen molar-refractivity contribution in [2.45, 2.75) is 32.5 Å². The van der Waals surface area contributed by atoms with Crippen LogP contribution in [0.3, 0.4) is 0 Å². The van der Waals surface area contributed by atoms with E-state index in [4.69, 9.17) is 9.72 Å². The molecule has 0 bridgehead atoms. The third-order valence-electron chi connectivity index (χ3n) is 5.68. The molecule has 0 fully saturated rings. The van der Waals surface area contributed by atoms with E-state index in [-0.39, 0.29) is 6.10 Å². The van der Waals surface area contributed by atoms with E-state index >= 15 is 0 Å². The highest BCUT2D eigenvalue weighted by Gasteiger charge is 2.22. The number of ether oxygens (including phenoxy) is 1. The van der Waals surface area contributed by atoms with E-state index in [0.717, 1.165) is 37.5 Å². The Morgan fingerprint density at radius 2 is 1.63 bits per heavy atom. The summed E-state index contributed by atoms with van der Waals surface area (Å²) in [7, 11) is 0. The number of rotatable bonds is 4. The molecule has 3 nitrogen and oxygen atoms in total. The Hall–Kier alpha value is -3.17. The lowest BCUT2D eigenvalue weighted by atomic mass is 10.0. The van der Waals surface area contributed by atoms with Gasteiger partial charge < -0.3 is 4.74 Å². The minimum Gasteiger partial charge on any atom is -0.473 e.